The molecule has 0 fully saturated rings. The average Bonchev–Trinajstić information content (AvgIpc) is 3.35. The first-order valence-electron chi connectivity index (χ1n) is 21.9. The molecule has 12 aromatic rings. The molecule has 0 aliphatic rings. The van der Waals surface area contributed by atoms with Crippen molar-refractivity contribution in [2.75, 3.05) is 34.4 Å². The van der Waals surface area contributed by atoms with Gasteiger partial charge >= 0.3 is 0 Å². The van der Waals surface area contributed by atoms with E-state index in [4.69, 9.17) is 34.4 Å². The summed E-state index contributed by atoms with van der Waals surface area (Å²) >= 11 is 0. The van der Waals surface area contributed by atoms with E-state index in [1.807, 2.05) is 109 Å². The largest absolute Gasteiger partial charge is 0.398 e. The van der Waals surface area contributed by atoms with Crippen LogP contribution in [-0.2, 0) is 0 Å². The Hall–Kier alpha value is -9.00. The Morgan fingerprint density at radius 2 is 0.288 bits per heavy atom. The Morgan fingerprint density at radius 3 is 0.439 bits per heavy atom. The fourth-order valence-corrected chi connectivity index (χ4v) is 9.40. The molecule has 0 aliphatic heterocycles. The lowest BCUT2D eigenvalue weighted by atomic mass is 9.91. The first-order chi connectivity index (χ1) is 32.3. The third-order valence-electron chi connectivity index (χ3n) is 12.5. The summed E-state index contributed by atoms with van der Waals surface area (Å²) in [6.07, 6.45) is 0. The summed E-state index contributed by atoms with van der Waals surface area (Å²) in [5.74, 6) is 0. The lowest BCUT2D eigenvalue weighted by molar-refractivity contribution is 1.66. The first-order valence-corrected chi connectivity index (χ1v) is 21.9. The molecule has 0 heterocycles. The molecule has 0 aliphatic carbocycles. The maximum Gasteiger partial charge on any atom is 0.0401 e. The van der Waals surface area contributed by atoms with Crippen LogP contribution in [0.5, 0.6) is 0 Å². The minimum absolute atomic E-state index is 0.752. The van der Waals surface area contributed by atoms with Crippen LogP contribution in [0.2, 0.25) is 0 Å². The van der Waals surface area contributed by atoms with E-state index in [0.29, 0.717) is 0 Å². The quantitative estimate of drug-likeness (QED) is 0.0972. The van der Waals surface area contributed by atoms with Crippen LogP contribution in [0.4, 0.5) is 34.1 Å². The zero-order valence-corrected chi connectivity index (χ0v) is 36.2. The predicted molar refractivity (Wildman–Crippen MR) is 287 cm³/mol. The molecule has 0 atom stereocenters. The van der Waals surface area contributed by atoms with Gasteiger partial charge in [-0.25, -0.2) is 0 Å². The molecule has 0 aromatic heterocycles. The minimum Gasteiger partial charge on any atom is -0.398 e. The smallest absolute Gasteiger partial charge is 0.0401 e. The van der Waals surface area contributed by atoms with E-state index in [-0.39, 0.29) is 0 Å². The normalized spacial score (nSPS) is 11.1. The standard InChI is InChI=1S/3C20H16N2/c3*21-17-11-9-13-5-1-3-7-15(13)19(17)20-16-8-4-2-6-14(16)10-12-18(20)22/h3*1-12H,21-22H2. The first kappa shape index (κ1) is 41.0. The van der Waals surface area contributed by atoms with Crippen LogP contribution < -0.4 is 34.4 Å². The molecule has 0 bridgehead atoms. The fraction of sp³-hybridized carbons (Fsp3) is 0. The van der Waals surface area contributed by atoms with E-state index >= 15 is 0 Å². The second-order valence-electron chi connectivity index (χ2n) is 16.5. The van der Waals surface area contributed by atoms with Gasteiger partial charge in [-0.15, -0.1) is 0 Å². The summed E-state index contributed by atoms with van der Waals surface area (Å²) in [7, 11) is 0. The van der Waals surface area contributed by atoms with Gasteiger partial charge in [-0.3, -0.25) is 0 Å². The second kappa shape index (κ2) is 17.3. The number of rotatable bonds is 3. The summed E-state index contributed by atoms with van der Waals surface area (Å²) in [6, 6.07) is 73.7. The summed E-state index contributed by atoms with van der Waals surface area (Å²) in [6.45, 7) is 0. The molecule has 0 unspecified atom stereocenters. The highest BCUT2D eigenvalue weighted by atomic mass is 14.6. The van der Waals surface area contributed by atoms with Gasteiger partial charge in [0.1, 0.15) is 0 Å². The van der Waals surface area contributed by atoms with Gasteiger partial charge in [-0.05, 0) is 101 Å². The molecular weight excluding hydrogens is 805 g/mol. The Labute approximate surface area is 383 Å². The van der Waals surface area contributed by atoms with E-state index < -0.39 is 0 Å². The van der Waals surface area contributed by atoms with Gasteiger partial charge in [0.05, 0.1) is 0 Å². The molecule has 6 nitrogen and oxygen atoms in total. The van der Waals surface area contributed by atoms with Crippen molar-refractivity contribution in [2.24, 2.45) is 0 Å². The monoisotopic (exact) mass is 852 g/mol. The molecule has 0 radical (unpaired) electrons. The fourth-order valence-electron chi connectivity index (χ4n) is 9.40. The number of nitrogens with two attached hydrogens (primary N) is 6. The van der Waals surface area contributed by atoms with Crippen molar-refractivity contribution in [2.45, 2.75) is 0 Å². The SMILES string of the molecule is Nc1ccc2ccccc2c1-c1c(N)ccc2ccccc12.Nc1ccc2ccccc2c1-c1c(N)ccc2ccccc12.Nc1ccc2ccccc2c1-c1c(N)ccc2ccccc12. The highest BCUT2D eigenvalue weighted by molar-refractivity contribution is 6.15. The van der Waals surface area contributed by atoms with Crippen molar-refractivity contribution < 1.29 is 0 Å². The van der Waals surface area contributed by atoms with Crippen LogP contribution in [0.3, 0.4) is 0 Å². The summed E-state index contributed by atoms with van der Waals surface area (Å²) in [5, 5.41) is 13.8. The van der Waals surface area contributed by atoms with Gasteiger partial charge in [-0.1, -0.05) is 182 Å². The Morgan fingerprint density at radius 1 is 0.152 bits per heavy atom. The van der Waals surface area contributed by atoms with E-state index in [0.717, 1.165) is 99.8 Å². The molecule has 66 heavy (non-hydrogen) atoms. The Balaban J connectivity index is 0.000000116. The molecular formula is C60H48N6. The van der Waals surface area contributed by atoms with Crippen molar-refractivity contribution in [3.05, 3.63) is 218 Å². The number of anilines is 6. The van der Waals surface area contributed by atoms with Crippen LogP contribution in [0.1, 0.15) is 0 Å². The molecule has 12 rings (SSSR count). The minimum atomic E-state index is 0.752. The molecule has 12 aromatic carbocycles. The molecule has 6 heteroatoms. The zero-order chi connectivity index (χ0) is 45.3. The van der Waals surface area contributed by atoms with Crippen molar-refractivity contribution in [3.63, 3.8) is 0 Å². The molecule has 0 saturated heterocycles. The van der Waals surface area contributed by atoms with Crippen LogP contribution in [-0.4, -0.2) is 0 Å². The molecule has 0 saturated carbocycles. The van der Waals surface area contributed by atoms with E-state index in [1.165, 1.54) is 32.3 Å². The number of fused-ring (bicyclic) bond motifs is 6. The molecule has 318 valence electrons. The number of hydrogen-bond donors (Lipinski definition) is 6. The van der Waals surface area contributed by atoms with Crippen LogP contribution in [0, 0.1) is 0 Å². The third-order valence-corrected chi connectivity index (χ3v) is 12.5. The number of benzene rings is 12. The van der Waals surface area contributed by atoms with Gasteiger partial charge in [0.2, 0.25) is 0 Å². The summed E-state index contributed by atoms with van der Waals surface area (Å²) in [5.41, 5.74) is 48.6. The maximum absolute atomic E-state index is 6.32. The third kappa shape index (κ3) is 7.42. The van der Waals surface area contributed by atoms with E-state index in [1.54, 1.807) is 0 Å². The van der Waals surface area contributed by atoms with Crippen LogP contribution in [0.15, 0.2) is 218 Å². The zero-order valence-electron chi connectivity index (χ0n) is 36.2. The van der Waals surface area contributed by atoms with Crippen molar-refractivity contribution >= 4 is 98.8 Å². The topological polar surface area (TPSA) is 156 Å². The number of hydrogen-bond acceptors (Lipinski definition) is 6. The van der Waals surface area contributed by atoms with Crippen LogP contribution in [0.25, 0.3) is 98.0 Å². The second-order valence-corrected chi connectivity index (χ2v) is 16.5. The van der Waals surface area contributed by atoms with Gasteiger partial charge in [0.15, 0.2) is 0 Å². The lowest BCUT2D eigenvalue weighted by Crippen LogP contribution is -1.96. The lowest BCUT2D eigenvalue weighted by Gasteiger charge is -2.15. The summed E-state index contributed by atoms with van der Waals surface area (Å²) < 4.78 is 0. The molecule has 0 spiro atoms. The predicted octanol–water partition coefficient (Wildman–Crippen LogP) is 14.5. The number of nitrogen functional groups attached to an aromatic ring is 6. The van der Waals surface area contributed by atoms with Gasteiger partial charge in [-0.2, -0.15) is 0 Å². The Bertz CT molecular complexity index is 3150. The van der Waals surface area contributed by atoms with Gasteiger partial charge in [0.25, 0.3) is 0 Å². The summed E-state index contributed by atoms with van der Waals surface area (Å²) in [4.78, 5) is 0. The maximum atomic E-state index is 6.32. The van der Waals surface area contributed by atoms with Crippen LogP contribution >= 0.6 is 0 Å². The van der Waals surface area contributed by atoms with Gasteiger partial charge < -0.3 is 34.4 Å². The highest BCUT2D eigenvalue weighted by Gasteiger charge is 2.17. The van der Waals surface area contributed by atoms with Crippen molar-refractivity contribution in [1.29, 1.82) is 0 Å². The van der Waals surface area contributed by atoms with E-state index in [9.17, 15) is 0 Å². The molecule has 0 amide bonds. The highest BCUT2D eigenvalue weighted by Crippen LogP contribution is 2.44. The Kier molecular flexibility index (Phi) is 10.7. The van der Waals surface area contributed by atoms with Gasteiger partial charge in [0, 0.05) is 67.5 Å². The van der Waals surface area contributed by atoms with E-state index in [2.05, 4.69) is 109 Å². The van der Waals surface area contributed by atoms with Crippen molar-refractivity contribution in [1.82, 2.24) is 0 Å². The molecule has 12 N–H and O–H groups in total. The average molecular weight is 853 g/mol. The van der Waals surface area contributed by atoms with Crippen molar-refractivity contribution in [3.8, 4) is 33.4 Å².